The van der Waals surface area contributed by atoms with E-state index in [-0.39, 0.29) is 12.6 Å². The molecule has 1 heterocycles. The van der Waals surface area contributed by atoms with Gasteiger partial charge >= 0.3 is 12.1 Å². The summed E-state index contributed by atoms with van der Waals surface area (Å²) in [6.07, 6.45) is -1.84. The summed E-state index contributed by atoms with van der Waals surface area (Å²) in [4.78, 5) is 24.5. The molecule has 1 fully saturated rings. The number of amides is 3. The van der Waals surface area contributed by atoms with E-state index in [9.17, 15) is 9.59 Å². The van der Waals surface area contributed by atoms with Crippen molar-refractivity contribution in [3.63, 3.8) is 0 Å². The van der Waals surface area contributed by atoms with Crippen LogP contribution >= 0.6 is 0 Å². The van der Waals surface area contributed by atoms with Crippen molar-refractivity contribution in [1.82, 2.24) is 15.7 Å². The van der Waals surface area contributed by atoms with Crippen LogP contribution in [-0.2, 0) is 11.3 Å². The molecular formula is C21H19N3O5. The fraction of sp³-hybridized carbons (Fsp3) is 0.143. The van der Waals surface area contributed by atoms with E-state index in [2.05, 4.69) is 5.32 Å². The minimum atomic E-state index is -1.02. The average molecular weight is 393 g/mol. The number of hydrogen-bond acceptors (Lipinski definition) is 5. The summed E-state index contributed by atoms with van der Waals surface area (Å²) >= 11 is 0. The third kappa shape index (κ3) is 4.39. The second kappa shape index (κ2) is 8.07. The molecule has 1 saturated heterocycles. The maximum Gasteiger partial charge on any atom is 0.433 e. The quantitative estimate of drug-likeness (QED) is 0.454. The van der Waals surface area contributed by atoms with Crippen LogP contribution in [0.1, 0.15) is 5.56 Å². The van der Waals surface area contributed by atoms with Crippen LogP contribution in [0.15, 0.2) is 66.7 Å². The molecule has 0 bridgehead atoms. The van der Waals surface area contributed by atoms with E-state index >= 15 is 0 Å². The maximum atomic E-state index is 12.0. The first-order valence-corrected chi connectivity index (χ1v) is 9.02. The Balaban J connectivity index is 1.37. The molecule has 148 valence electrons. The Bertz CT molecular complexity index is 1040. The van der Waals surface area contributed by atoms with Gasteiger partial charge in [0.1, 0.15) is 11.5 Å². The van der Waals surface area contributed by atoms with Gasteiger partial charge in [0, 0.05) is 6.54 Å². The molecule has 0 radical (unpaired) electrons. The third-order valence-electron chi connectivity index (χ3n) is 4.55. The Morgan fingerprint density at radius 1 is 1.07 bits per heavy atom. The predicted molar refractivity (Wildman–Crippen MR) is 105 cm³/mol. The lowest BCUT2D eigenvalue weighted by atomic mass is 10.1. The Morgan fingerprint density at radius 2 is 1.79 bits per heavy atom. The lowest BCUT2D eigenvalue weighted by molar-refractivity contribution is 0.0524. The third-order valence-corrected chi connectivity index (χ3v) is 4.55. The fourth-order valence-corrected chi connectivity index (χ4v) is 3.17. The van der Waals surface area contributed by atoms with Crippen LogP contribution in [0.2, 0.25) is 0 Å². The molecule has 4 rings (SSSR count). The Hall–Kier alpha value is -3.78. The minimum Gasteiger partial charge on any atom is -0.457 e. The lowest BCUT2D eigenvalue weighted by Gasteiger charge is -2.15. The first kappa shape index (κ1) is 18.6. The zero-order valence-corrected chi connectivity index (χ0v) is 15.4. The number of hydrogen-bond donors (Lipinski definition) is 3. The van der Waals surface area contributed by atoms with Crippen molar-refractivity contribution >= 4 is 22.9 Å². The van der Waals surface area contributed by atoms with Gasteiger partial charge in [-0.05, 0) is 40.6 Å². The van der Waals surface area contributed by atoms with Gasteiger partial charge in [0.15, 0.2) is 6.23 Å². The number of carbonyl (C=O) groups excluding carboxylic acids is 2. The summed E-state index contributed by atoms with van der Waals surface area (Å²) in [6.45, 7) is 0.532. The number of benzene rings is 3. The highest BCUT2D eigenvalue weighted by atomic mass is 16.6. The fourth-order valence-electron chi connectivity index (χ4n) is 3.17. The first-order chi connectivity index (χ1) is 14.1. The van der Waals surface area contributed by atoms with Gasteiger partial charge < -0.3 is 19.7 Å². The van der Waals surface area contributed by atoms with Crippen LogP contribution in [0.5, 0.6) is 11.5 Å². The van der Waals surface area contributed by atoms with Crippen LogP contribution in [0.25, 0.3) is 10.8 Å². The molecule has 0 aromatic heterocycles. The molecule has 1 aliphatic rings. The van der Waals surface area contributed by atoms with Crippen LogP contribution in [-0.4, -0.2) is 35.0 Å². The normalized spacial score (nSPS) is 15.8. The second-order valence-electron chi connectivity index (χ2n) is 6.59. The van der Waals surface area contributed by atoms with Crippen molar-refractivity contribution < 1.29 is 24.3 Å². The Labute approximate surface area is 166 Å². The number of carbonyl (C=O) groups is 2. The second-order valence-corrected chi connectivity index (χ2v) is 6.59. The summed E-state index contributed by atoms with van der Waals surface area (Å²) in [6, 6.07) is 21.1. The zero-order valence-electron chi connectivity index (χ0n) is 15.4. The summed E-state index contributed by atoms with van der Waals surface area (Å²) in [5.41, 5.74) is 2.26. The first-order valence-electron chi connectivity index (χ1n) is 9.02. The van der Waals surface area contributed by atoms with E-state index < -0.39 is 12.3 Å². The summed E-state index contributed by atoms with van der Waals surface area (Å²) in [7, 11) is 0. The van der Waals surface area contributed by atoms with Gasteiger partial charge in [-0.3, -0.25) is 5.21 Å². The SMILES string of the molecule is O=C(NO)O[C@@H]1CN(Cc2ccc(Oc3ccc4ccccc4c3)cc2)C(=O)N1. The van der Waals surface area contributed by atoms with Crippen LogP contribution < -0.4 is 15.5 Å². The van der Waals surface area contributed by atoms with Crippen molar-refractivity contribution in [2.24, 2.45) is 0 Å². The van der Waals surface area contributed by atoms with Gasteiger partial charge in [-0.15, -0.1) is 0 Å². The molecule has 1 atom stereocenters. The molecule has 1 aliphatic heterocycles. The predicted octanol–water partition coefficient (Wildman–Crippen LogP) is 3.60. The maximum absolute atomic E-state index is 12.0. The number of nitrogens with zero attached hydrogens (tertiary/aromatic N) is 1. The number of nitrogens with one attached hydrogen (secondary N) is 2. The molecule has 0 aliphatic carbocycles. The van der Waals surface area contributed by atoms with Crippen molar-refractivity contribution in [3.05, 3.63) is 72.3 Å². The highest BCUT2D eigenvalue weighted by Crippen LogP contribution is 2.26. The van der Waals surface area contributed by atoms with E-state index in [1.165, 1.54) is 10.4 Å². The average Bonchev–Trinajstić information content (AvgIpc) is 3.07. The topological polar surface area (TPSA) is 100 Å². The van der Waals surface area contributed by atoms with Gasteiger partial charge in [-0.1, -0.05) is 42.5 Å². The largest absolute Gasteiger partial charge is 0.457 e. The molecule has 3 aromatic carbocycles. The molecular weight excluding hydrogens is 374 g/mol. The molecule has 8 heteroatoms. The molecule has 29 heavy (non-hydrogen) atoms. The van der Waals surface area contributed by atoms with E-state index in [0.29, 0.717) is 12.3 Å². The van der Waals surface area contributed by atoms with Crippen molar-refractivity contribution in [2.45, 2.75) is 12.8 Å². The van der Waals surface area contributed by atoms with Gasteiger partial charge in [0.25, 0.3) is 0 Å². The van der Waals surface area contributed by atoms with Crippen LogP contribution in [0, 0.1) is 0 Å². The van der Waals surface area contributed by atoms with Crippen LogP contribution in [0.3, 0.4) is 0 Å². The number of fused-ring (bicyclic) bond motifs is 1. The van der Waals surface area contributed by atoms with Crippen LogP contribution in [0.4, 0.5) is 9.59 Å². The van der Waals surface area contributed by atoms with Crippen molar-refractivity contribution in [2.75, 3.05) is 6.54 Å². The van der Waals surface area contributed by atoms with Crippen molar-refractivity contribution in [1.29, 1.82) is 0 Å². The molecule has 0 unspecified atom stereocenters. The Morgan fingerprint density at radius 3 is 2.55 bits per heavy atom. The van der Waals surface area contributed by atoms with Gasteiger partial charge in [0.05, 0.1) is 6.54 Å². The number of ether oxygens (including phenoxy) is 2. The van der Waals surface area contributed by atoms with Crippen molar-refractivity contribution in [3.8, 4) is 11.5 Å². The summed E-state index contributed by atoms with van der Waals surface area (Å²) in [5, 5.41) is 13.3. The molecule has 3 aromatic rings. The molecule has 0 spiro atoms. The summed E-state index contributed by atoms with van der Waals surface area (Å²) in [5.74, 6) is 1.44. The minimum absolute atomic E-state index is 0.182. The van der Waals surface area contributed by atoms with E-state index in [0.717, 1.165) is 22.1 Å². The smallest absolute Gasteiger partial charge is 0.433 e. The number of hydroxylamine groups is 1. The van der Waals surface area contributed by atoms with Gasteiger partial charge in [-0.25, -0.2) is 15.1 Å². The van der Waals surface area contributed by atoms with E-state index in [1.807, 2.05) is 66.7 Å². The standard InChI is InChI=1S/C21H19N3O5/c25-20-22-19(29-21(26)23-27)13-24(20)12-14-5-8-17(9-6-14)28-18-10-7-15-3-1-2-4-16(15)11-18/h1-11,19,27H,12-13H2,(H,22,25)(H,23,26)/t19-/m1/s1. The number of urea groups is 1. The van der Waals surface area contributed by atoms with Gasteiger partial charge in [-0.2, -0.15) is 0 Å². The number of rotatable bonds is 5. The molecule has 3 N–H and O–H groups in total. The highest BCUT2D eigenvalue weighted by Gasteiger charge is 2.31. The molecule has 8 nitrogen and oxygen atoms in total. The van der Waals surface area contributed by atoms with Gasteiger partial charge in [0.2, 0.25) is 0 Å². The lowest BCUT2D eigenvalue weighted by Crippen LogP contribution is -2.34. The zero-order chi connectivity index (χ0) is 20.2. The Kier molecular flexibility index (Phi) is 5.17. The molecule has 3 amide bonds. The highest BCUT2D eigenvalue weighted by molar-refractivity contribution is 5.83. The monoisotopic (exact) mass is 393 g/mol. The summed E-state index contributed by atoms with van der Waals surface area (Å²) < 4.78 is 10.7. The molecule has 0 saturated carbocycles. The van der Waals surface area contributed by atoms with E-state index in [4.69, 9.17) is 14.7 Å². The van der Waals surface area contributed by atoms with E-state index in [1.54, 1.807) is 0 Å².